The molecule has 0 atom stereocenters. The minimum Gasteiger partial charge on any atom is -0.496 e. The monoisotopic (exact) mass is 296 g/mol. The Hall–Kier alpha value is -0.450. The molecule has 1 aromatic carbocycles. The van der Waals surface area contributed by atoms with Crippen molar-refractivity contribution in [1.29, 1.82) is 0 Å². The molecule has 3 nitrogen and oxygen atoms in total. The van der Waals surface area contributed by atoms with Gasteiger partial charge in [0.25, 0.3) is 0 Å². The largest absolute Gasteiger partial charge is 0.496 e. The Balaban J connectivity index is 3.58. The van der Waals surface area contributed by atoms with Gasteiger partial charge in [0.05, 0.1) is 12.9 Å². The summed E-state index contributed by atoms with van der Waals surface area (Å²) in [5.41, 5.74) is 2.93. The van der Waals surface area contributed by atoms with Gasteiger partial charge in [-0.25, -0.2) is 8.42 Å². The predicted molar refractivity (Wildman–Crippen MR) is 70.7 cm³/mol. The molecule has 1 rings (SSSR count). The van der Waals surface area contributed by atoms with Gasteiger partial charge in [-0.15, -0.1) is 0 Å². The van der Waals surface area contributed by atoms with Gasteiger partial charge in [-0.3, -0.25) is 0 Å². The first-order chi connectivity index (χ1) is 7.69. The summed E-state index contributed by atoms with van der Waals surface area (Å²) in [6.45, 7) is 5.46. The molecular formula is C11H14Cl2O3S. The van der Waals surface area contributed by atoms with Gasteiger partial charge >= 0.3 is 0 Å². The Morgan fingerprint density at radius 1 is 1.12 bits per heavy atom. The Morgan fingerprint density at radius 3 is 2.06 bits per heavy atom. The van der Waals surface area contributed by atoms with Gasteiger partial charge in [0.15, 0.2) is 0 Å². The summed E-state index contributed by atoms with van der Waals surface area (Å²) in [7, 11) is 3.14. The van der Waals surface area contributed by atoms with Gasteiger partial charge < -0.3 is 4.74 Å². The first-order valence-electron chi connectivity index (χ1n) is 4.93. The summed E-state index contributed by atoms with van der Waals surface area (Å²) in [6, 6.07) is 0. The molecular weight excluding hydrogens is 283 g/mol. The van der Waals surface area contributed by atoms with E-state index in [-0.39, 0.29) is 5.75 Å². The normalized spacial score (nSPS) is 11.6. The van der Waals surface area contributed by atoms with Crippen molar-refractivity contribution in [2.24, 2.45) is 0 Å². The summed E-state index contributed by atoms with van der Waals surface area (Å²) in [4.78, 5) is 0. The maximum Gasteiger partial charge on any atom is 0.236 e. The fourth-order valence-corrected chi connectivity index (χ4v) is 3.04. The third-order valence-electron chi connectivity index (χ3n) is 2.81. The molecule has 0 aromatic heterocycles. The van der Waals surface area contributed by atoms with Gasteiger partial charge in [0.1, 0.15) is 5.75 Å². The molecule has 0 aliphatic heterocycles. The topological polar surface area (TPSA) is 43.4 Å². The summed E-state index contributed by atoms with van der Waals surface area (Å²) in [5, 5.41) is 0.554. The summed E-state index contributed by atoms with van der Waals surface area (Å²) in [6.07, 6.45) is 0. The van der Waals surface area contributed by atoms with Crippen molar-refractivity contribution in [3.8, 4) is 5.75 Å². The zero-order valence-electron chi connectivity index (χ0n) is 10.1. The van der Waals surface area contributed by atoms with Crippen molar-refractivity contribution in [3.63, 3.8) is 0 Å². The molecule has 17 heavy (non-hydrogen) atoms. The Morgan fingerprint density at radius 2 is 1.65 bits per heavy atom. The molecule has 0 amide bonds. The molecule has 0 saturated carbocycles. The maximum absolute atomic E-state index is 11.2. The number of methoxy groups -OCH3 is 1. The molecule has 0 radical (unpaired) electrons. The van der Waals surface area contributed by atoms with Crippen LogP contribution in [0.25, 0.3) is 0 Å². The van der Waals surface area contributed by atoms with Gasteiger partial charge in [0, 0.05) is 21.3 Å². The van der Waals surface area contributed by atoms with Crippen LogP contribution in [-0.4, -0.2) is 15.5 Å². The summed E-state index contributed by atoms with van der Waals surface area (Å²) >= 11 is 6.15. The molecule has 0 aliphatic carbocycles. The molecule has 0 unspecified atom stereocenters. The molecule has 0 fully saturated rings. The minimum absolute atomic E-state index is 0.287. The van der Waals surface area contributed by atoms with E-state index in [2.05, 4.69) is 0 Å². The highest BCUT2D eigenvalue weighted by Crippen LogP contribution is 2.37. The van der Waals surface area contributed by atoms with Crippen molar-refractivity contribution in [1.82, 2.24) is 0 Å². The van der Waals surface area contributed by atoms with Gasteiger partial charge in [-0.05, 0) is 37.5 Å². The molecule has 0 spiro atoms. The average molecular weight is 297 g/mol. The Bertz CT molecular complexity index is 551. The lowest BCUT2D eigenvalue weighted by Gasteiger charge is -2.17. The van der Waals surface area contributed by atoms with Crippen LogP contribution in [0.2, 0.25) is 5.02 Å². The highest BCUT2D eigenvalue weighted by molar-refractivity contribution is 8.13. The predicted octanol–water partition coefficient (Wildman–Crippen LogP) is 3.34. The number of rotatable bonds is 3. The van der Waals surface area contributed by atoms with Gasteiger partial charge in [-0.1, -0.05) is 11.6 Å². The van der Waals surface area contributed by atoms with Crippen LogP contribution in [0.4, 0.5) is 0 Å². The second kappa shape index (κ2) is 5.04. The molecule has 0 bridgehead atoms. The van der Waals surface area contributed by atoms with Crippen LogP contribution in [0.5, 0.6) is 5.75 Å². The lowest BCUT2D eigenvalue weighted by atomic mass is 10.00. The summed E-state index contributed by atoms with van der Waals surface area (Å²) < 4.78 is 27.6. The second-order valence-electron chi connectivity index (χ2n) is 3.88. The molecule has 1 aromatic rings. The quantitative estimate of drug-likeness (QED) is 0.804. The lowest BCUT2D eigenvalue weighted by Crippen LogP contribution is -2.05. The Kier molecular flexibility index (Phi) is 4.33. The van der Waals surface area contributed by atoms with Crippen molar-refractivity contribution in [2.45, 2.75) is 26.5 Å². The van der Waals surface area contributed by atoms with Crippen LogP contribution < -0.4 is 4.74 Å². The minimum atomic E-state index is -3.65. The van der Waals surface area contributed by atoms with E-state index in [0.717, 1.165) is 11.1 Å². The molecule has 0 heterocycles. The highest BCUT2D eigenvalue weighted by Gasteiger charge is 2.20. The van der Waals surface area contributed by atoms with Crippen LogP contribution in [-0.2, 0) is 14.8 Å². The number of benzene rings is 1. The zero-order chi connectivity index (χ0) is 13.4. The lowest BCUT2D eigenvalue weighted by molar-refractivity contribution is 0.407. The highest BCUT2D eigenvalue weighted by atomic mass is 35.7. The third-order valence-corrected chi connectivity index (χ3v) is 4.34. The molecule has 96 valence electrons. The smallest absolute Gasteiger partial charge is 0.236 e. The van der Waals surface area contributed by atoms with Crippen molar-refractivity contribution >= 4 is 31.3 Å². The van der Waals surface area contributed by atoms with E-state index in [1.54, 1.807) is 6.92 Å². The van der Waals surface area contributed by atoms with E-state index in [4.69, 9.17) is 27.0 Å². The van der Waals surface area contributed by atoms with E-state index >= 15 is 0 Å². The van der Waals surface area contributed by atoms with Gasteiger partial charge in [0.2, 0.25) is 9.05 Å². The zero-order valence-corrected chi connectivity index (χ0v) is 12.4. The fourth-order valence-electron chi connectivity index (χ4n) is 1.77. The second-order valence-corrected chi connectivity index (χ2v) is 7.04. The standard InChI is InChI=1S/C11H14Cl2O3S/c1-6-7(2)11(16-4)9(5-17(13,14)15)8(3)10(6)12/h5H2,1-4H3. The Labute approximate surface area is 111 Å². The molecule has 6 heteroatoms. The van der Waals surface area contributed by atoms with E-state index in [9.17, 15) is 8.42 Å². The first kappa shape index (κ1) is 14.6. The van der Waals surface area contributed by atoms with Crippen molar-refractivity contribution in [3.05, 3.63) is 27.3 Å². The van der Waals surface area contributed by atoms with E-state index in [0.29, 0.717) is 21.9 Å². The van der Waals surface area contributed by atoms with Crippen LogP contribution >= 0.6 is 22.3 Å². The number of hydrogen-bond donors (Lipinski definition) is 0. The molecule has 0 saturated heterocycles. The number of halogens is 2. The first-order valence-corrected chi connectivity index (χ1v) is 7.79. The molecule has 0 N–H and O–H groups in total. The fraction of sp³-hybridized carbons (Fsp3) is 0.455. The van der Waals surface area contributed by atoms with E-state index in [1.807, 2.05) is 13.8 Å². The van der Waals surface area contributed by atoms with Crippen molar-refractivity contribution in [2.75, 3.05) is 7.11 Å². The van der Waals surface area contributed by atoms with Gasteiger partial charge in [-0.2, -0.15) is 0 Å². The van der Waals surface area contributed by atoms with Crippen LogP contribution in [0, 0.1) is 20.8 Å². The van der Waals surface area contributed by atoms with Crippen LogP contribution in [0.1, 0.15) is 22.3 Å². The SMILES string of the molecule is COc1c(C)c(C)c(Cl)c(C)c1CS(=O)(=O)Cl. The third kappa shape index (κ3) is 3.06. The molecule has 0 aliphatic rings. The summed E-state index contributed by atoms with van der Waals surface area (Å²) in [5.74, 6) is 0.248. The number of ether oxygens (including phenoxy) is 1. The maximum atomic E-state index is 11.2. The van der Waals surface area contributed by atoms with Crippen LogP contribution in [0.3, 0.4) is 0 Å². The van der Waals surface area contributed by atoms with E-state index in [1.165, 1.54) is 7.11 Å². The van der Waals surface area contributed by atoms with Crippen LogP contribution in [0.15, 0.2) is 0 Å². The van der Waals surface area contributed by atoms with Crippen molar-refractivity contribution < 1.29 is 13.2 Å². The van der Waals surface area contributed by atoms with E-state index < -0.39 is 9.05 Å². The average Bonchev–Trinajstić information content (AvgIpc) is 2.22. The number of hydrogen-bond acceptors (Lipinski definition) is 3.